The Morgan fingerprint density at radius 3 is 2.24 bits per heavy atom. The van der Waals surface area contributed by atoms with E-state index in [2.05, 4.69) is 5.16 Å². The Balaban J connectivity index is 2.25. The predicted octanol–water partition coefficient (Wildman–Crippen LogP) is 3.41. The van der Waals surface area contributed by atoms with E-state index in [4.69, 9.17) is 20.4 Å². The van der Waals surface area contributed by atoms with Gasteiger partial charge in [-0.05, 0) is 50.5 Å². The van der Waals surface area contributed by atoms with Gasteiger partial charge in [0.2, 0.25) is 0 Å². The maximum atomic E-state index is 8.71. The second-order valence-electron chi connectivity index (χ2n) is 5.58. The molecule has 0 fully saturated rings. The van der Waals surface area contributed by atoms with Gasteiger partial charge in [-0.2, -0.15) is 0 Å². The number of hydrogen-bond acceptors (Lipinski definition) is 4. The molecular formula is C16H26N2O3. The minimum Gasteiger partial charge on any atom is -0.494 e. The Labute approximate surface area is 126 Å². The zero-order valence-electron chi connectivity index (χ0n) is 13.1. The van der Waals surface area contributed by atoms with Crippen LogP contribution in [-0.4, -0.2) is 24.3 Å². The highest BCUT2D eigenvalue weighted by atomic mass is 16.5. The maximum absolute atomic E-state index is 8.71. The third kappa shape index (κ3) is 5.94. The monoisotopic (exact) mass is 294 g/mol. The lowest BCUT2D eigenvalue weighted by molar-refractivity contribution is 0.287. The van der Waals surface area contributed by atoms with Crippen molar-refractivity contribution >= 4 is 5.84 Å². The van der Waals surface area contributed by atoms with Gasteiger partial charge in [-0.15, -0.1) is 0 Å². The number of amidine groups is 1. The van der Waals surface area contributed by atoms with Crippen LogP contribution in [0.4, 0.5) is 0 Å². The van der Waals surface area contributed by atoms with Crippen molar-refractivity contribution in [2.45, 2.75) is 40.0 Å². The fourth-order valence-electron chi connectivity index (χ4n) is 1.92. The van der Waals surface area contributed by atoms with Gasteiger partial charge in [0, 0.05) is 5.41 Å². The van der Waals surface area contributed by atoms with E-state index in [1.807, 2.05) is 45.0 Å². The highest BCUT2D eigenvalue weighted by Crippen LogP contribution is 2.23. The third-order valence-corrected chi connectivity index (χ3v) is 3.40. The summed E-state index contributed by atoms with van der Waals surface area (Å²) >= 11 is 0. The van der Waals surface area contributed by atoms with Gasteiger partial charge in [-0.25, -0.2) is 0 Å². The number of nitrogens with two attached hydrogens (primary N) is 1. The van der Waals surface area contributed by atoms with E-state index >= 15 is 0 Å². The second kappa shape index (κ2) is 8.39. The van der Waals surface area contributed by atoms with Gasteiger partial charge < -0.3 is 20.4 Å². The summed E-state index contributed by atoms with van der Waals surface area (Å²) in [5.74, 6) is 1.97. The van der Waals surface area contributed by atoms with E-state index in [0.717, 1.165) is 30.8 Å². The first-order valence-electron chi connectivity index (χ1n) is 7.33. The molecule has 0 aliphatic rings. The molecule has 0 saturated heterocycles. The van der Waals surface area contributed by atoms with Crippen LogP contribution in [0.3, 0.4) is 0 Å². The van der Waals surface area contributed by atoms with Crippen molar-refractivity contribution in [1.29, 1.82) is 0 Å². The SMILES string of the molecule is CCOc1ccc(OCCCCC(C)(C)/C(N)=N/O)cc1. The van der Waals surface area contributed by atoms with Crippen molar-refractivity contribution in [3.63, 3.8) is 0 Å². The molecule has 0 aliphatic heterocycles. The van der Waals surface area contributed by atoms with Gasteiger partial charge >= 0.3 is 0 Å². The van der Waals surface area contributed by atoms with Crippen LogP contribution in [0.5, 0.6) is 11.5 Å². The fraction of sp³-hybridized carbons (Fsp3) is 0.562. The van der Waals surface area contributed by atoms with Crippen molar-refractivity contribution in [1.82, 2.24) is 0 Å². The summed E-state index contributed by atoms with van der Waals surface area (Å²) in [7, 11) is 0. The van der Waals surface area contributed by atoms with Gasteiger partial charge in [-0.1, -0.05) is 19.0 Å². The molecule has 1 rings (SSSR count). The molecule has 3 N–H and O–H groups in total. The molecule has 0 atom stereocenters. The molecule has 0 aromatic heterocycles. The highest BCUT2D eigenvalue weighted by Gasteiger charge is 2.22. The van der Waals surface area contributed by atoms with Crippen molar-refractivity contribution in [3.8, 4) is 11.5 Å². The summed E-state index contributed by atoms with van der Waals surface area (Å²) in [5.41, 5.74) is 5.37. The minimum atomic E-state index is -0.284. The van der Waals surface area contributed by atoms with Crippen molar-refractivity contribution in [2.75, 3.05) is 13.2 Å². The first-order valence-corrected chi connectivity index (χ1v) is 7.33. The summed E-state index contributed by atoms with van der Waals surface area (Å²) in [5, 5.41) is 11.8. The van der Waals surface area contributed by atoms with Gasteiger partial charge in [0.05, 0.1) is 13.2 Å². The Kier molecular flexibility index (Phi) is 6.85. The number of oxime groups is 1. The molecule has 0 radical (unpaired) electrons. The van der Waals surface area contributed by atoms with E-state index < -0.39 is 0 Å². The Morgan fingerprint density at radius 1 is 1.14 bits per heavy atom. The average molecular weight is 294 g/mol. The molecule has 1 aromatic rings. The topological polar surface area (TPSA) is 77.1 Å². The molecule has 5 nitrogen and oxygen atoms in total. The predicted molar refractivity (Wildman–Crippen MR) is 84.1 cm³/mol. The number of benzene rings is 1. The first kappa shape index (κ1) is 17.1. The third-order valence-electron chi connectivity index (χ3n) is 3.40. The van der Waals surface area contributed by atoms with E-state index in [1.165, 1.54) is 0 Å². The molecule has 5 heteroatoms. The van der Waals surface area contributed by atoms with Gasteiger partial charge in [0.1, 0.15) is 17.3 Å². The number of hydrogen-bond donors (Lipinski definition) is 2. The van der Waals surface area contributed by atoms with Crippen LogP contribution in [0.15, 0.2) is 29.4 Å². The molecule has 0 spiro atoms. The minimum absolute atomic E-state index is 0.273. The highest BCUT2D eigenvalue weighted by molar-refractivity contribution is 5.85. The summed E-state index contributed by atoms with van der Waals surface area (Å²) in [6, 6.07) is 7.62. The van der Waals surface area contributed by atoms with Crippen molar-refractivity contribution in [2.24, 2.45) is 16.3 Å². The van der Waals surface area contributed by atoms with Crippen LogP contribution in [0.2, 0.25) is 0 Å². The van der Waals surface area contributed by atoms with Gasteiger partial charge in [0.25, 0.3) is 0 Å². The molecule has 0 unspecified atom stereocenters. The Bertz CT molecular complexity index is 441. The molecule has 0 amide bonds. The Hall–Kier alpha value is -1.91. The summed E-state index contributed by atoms with van der Waals surface area (Å²) in [4.78, 5) is 0. The zero-order valence-corrected chi connectivity index (χ0v) is 13.1. The number of nitrogens with zero attached hydrogens (tertiary/aromatic N) is 1. The largest absolute Gasteiger partial charge is 0.494 e. The lowest BCUT2D eigenvalue weighted by Crippen LogP contribution is -2.31. The molecule has 0 aliphatic carbocycles. The number of unbranched alkanes of at least 4 members (excludes halogenated alkanes) is 1. The van der Waals surface area contributed by atoms with Crippen LogP contribution in [-0.2, 0) is 0 Å². The smallest absolute Gasteiger partial charge is 0.144 e. The van der Waals surface area contributed by atoms with Crippen LogP contribution in [0.1, 0.15) is 40.0 Å². The number of rotatable bonds is 9. The van der Waals surface area contributed by atoms with E-state index in [-0.39, 0.29) is 11.3 Å². The van der Waals surface area contributed by atoms with E-state index in [9.17, 15) is 0 Å². The average Bonchev–Trinajstić information content (AvgIpc) is 2.48. The fourth-order valence-corrected chi connectivity index (χ4v) is 1.92. The molecular weight excluding hydrogens is 268 g/mol. The van der Waals surface area contributed by atoms with Gasteiger partial charge in [0.15, 0.2) is 0 Å². The zero-order chi connectivity index (χ0) is 15.7. The summed E-state index contributed by atoms with van der Waals surface area (Å²) < 4.78 is 11.0. The van der Waals surface area contributed by atoms with Crippen LogP contribution < -0.4 is 15.2 Å². The first-order chi connectivity index (χ1) is 9.99. The lowest BCUT2D eigenvalue weighted by Gasteiger charge is -2.22. The molecule has 0 saturated carbocycles. The second-order valence-corrected chi connectivity index (χ2v) is 5.58. The number of ether oxygens (including phenoxy) is 2. The molecule has 1 aromatic carbocycles. The quantitative estimate of drug-likeness (QED) is 0.240. The van der Waals surface area contributed by atoms with Crippen molar-refractivity contribution in [3.05, 3.63) is 24.3 Å². The Morgan fingerprint density at radius 2 is 1.71 bits per heavy atom. The molecule has 21 heavy (non-hydrogen) atoms. The van der Waals surface area contributed by atoms with E-state index in [1.54, 1.807) is 0 Å². The van der Waals surface area contributed by atoms with Gasteiger partial charge in [-0.3, -0.25) is 0 Å². The lowest BCUT2D eigenvalue weighted by atomic mass is 9.86. The summed E-state index contributed by atoms with van der Waals surface area (Å²) in [6.45, 7) is 7.21. The van der Waals surface area contributed by atoms with Crippen LogP contribution >= 0.6 is 0 Å². The van der Waals surface area contributed by atoms with Crippen LogP contribution in [0, 0.1) is 5.41 Å². The van der Waals surface area contributed by atoms with Crippen molar-refractivity contribution < 1.29 is 14.7 Å². The van der Waals surface area contributed by atoms with E-state index in [0.29, 0.717) is 13.2 Å². The molecule has 0 heterocycles. The summed E-state index contributed by atoms with van der Waals surface area (Å²) in [6.07, 6.45) is 2.74. The maximum Gasteiger partial charge on any atom is 0.144 e. The normalized spacial score (nSPS) is 12.2. The molecule has 0 bridgehead atoms. The van der Waals surface area contributed by atoms with Crippen LogP contribution in [0.25, 0.3) is 0 Å². The molecule has 118 valence electrons. The standard InChI is InChI=1S/C16H26N2O3/c1-4-20-13-7-9-14(10-8-13)21-12-6-5-11-16(2,3)15(17)18-19/h7-10,19H,4-6,11-12H2,1-3H3,(H2,17,18).